The maximum atomic E-state index is 11.4. The van der Waals surface area contributed by atoms with Gasteiger partial charge >= 0.3 is 5.97 Å². The maximum absolute atomic E-state index is 11.4. The molecule has 1 aromatic heterocycles. The van der Waals surface area contributed by atoms with Crippen LogP contribution < -0.4 is 4.90 Å². The summed E-state index contributed by atoms with van der Waals surface area (Å²) in [6.07, 6.45) is 1.94. The fourth-order valence-corrected chi connectivity index (χ4v) is 2.32. The summed E-state index contributed by atoms with van der Waals surface area (Å²) in [7, 11) is 0. The van der Waals surface area contributed by atoms with E-state index in [9.17, 15) is 15.0 Å². The van der Waals surface area contributed by atoms with Crippen molar-refractivity contribution in [3.8, 4) is 0 Å². The Bertz CT molecular complexity index is 504. The van der Waals surface area contributed by atoms with E-state index in [0.29, 0.717) is 24.6 Å². The van der Waals surface area contributed by atoms with Crippen LogP contribution in [-0.4, -0.2) is 45.3 Å². The molecule has 1 aliphatic heterocycles. The Labute approximate surface area is 118 Å². The molecule has 2 unspecified atom stereocenters. The summed E-state index contributed by atoms with van der Waals surface area (Å²) < 4.78 is 0. The van der Waals surface area contributed by atoms with Crippen LogP contribution in [0, 0.1) is 5.92 Å². The molecule has 0 saturated carbocycles. The largest absolute Gasteiger partial charge is 0.476 e. The van der Waals surface area contributed by atoms with E-state index in [1.807, 2.05) is 25.7 Å². The van der Waals surface area contributed by atoms with Gasteiger partial charge in [0.05, 0.1) is 18.0 Å². The molecule has 6 heteroatoms. The minimum Gasteiger partial charge on any atom is -0.476 e. The van der Waals surface area contributed by atoms with Crippen molar-refractivity contribution in [1.82, 2.24) is 9.97 Å². The van der Waals surface area contributed by atoms with Crippen molar-refractivity contribution in [2.45, 2.75) is 39.2 Å². The standard InChI is InChI=1S/C14H21N3O3/c1-8(2)13-15-6-10(12(16-13)14(19)20)17-5-4-9(3)11(18)7-17/h6,8-9,11,18H,4-5,7H2,1-3H3,(H,19,20). The highest BCUT2D eigenvalue weighted by Gasteiger charge is 2.28. The van der Waals surface area contributed by atoms with Gasteiger partial charge < -0.3 is 15.1 Å². The highest BCUT2D eigenvalue weighted by molar-refractivity contribution is 5.92. The normalized spacial score (nSPS) is 23.1. The van der Waals surface area contributed by atoms with E-state index in [2.05, 4.69) is 9.97 Å². The molecule has 110 valence electrons. The van der Waals surface area contributed by atoms with E-state index in [1.54, 1.807) is 6.20 Å². The second-order valence-corrected chi connectivity index (χ2v) is 5.70. The molecule has 6 nitrogen and oxygen atoms in total. The van der Waals surface area contributed by atoms with Crippen molar-refractivity contribution in [2.75, 3.05) is 18.0 Å². The third-order valence-corrected chi connectivity index (χ3v) is 3.77. The van der Waals surface area contributed by atoms with Crippen molar-refractivity contribution in [1.29, 1.82) is 0 Å². The molecule has 1 saturated heterocycles. The van der Waals surface area contributed by atoms with Gasteiger partial charge in [-0.1, -0.05) is 20.8 Å². The van der Waals surface area contributed by atoms with Gasteiger partial charge in [0.2, 0.25) is 0 Å². The van der Waals surface area contributed by atoms with Crippen molar-refractivity contribution >= 4 is 11.7 Å². The zero-order valence-electron chi connectivity index (χ0n) is 12.1. The number of carboxylic acids is 1. The number of rotatable bonds is 3. The van der Waals surface area contributed by atoms with Crippen molar-refractivity contribution in [3.05, 3.63) is 17.7 Å². The lowest BCUT2D eigenvalue weighted by atomic mass is 9.95. The molecular weight excluding hydrogens is 258 g/mol. The lowest BCUT2D eigenvalue weighted by molar-refractivity contribution is 0.0688. The first-order valence-electron chi connectivity index (χ1n) is 6.93. The second-order valence-electron chi connectivity index (χ2n) is 5.70. The van der Waals surface area contributed by atoms with Gasteiger partial charge in [-0.05, 0) is 12.3 Å². The molecule has 0 aromatic carbocycles. The van der Waals surface area contributed by atoms with Crippen molar-refractivity contribution in [3.63, 3.8) is 0 Å². The van der Waals surface area contributed by atoms with E-state index < -0.39 is 12.1 Å². The summed E-state index contributed by atoms with van der Waals surface area (Å²) in [4.78, 5) is 21.7. The van der Waals surface area contributed by atoms with Crippen LogP contribution >= 0.6 is 0 Å². The molecule has 1 fully saturated rings. The summed E-state index contributed by atoms with van der Waals surface area (Å²) in [6.45, 7) is 6.98. The summed E-state index contributed by atoms with van der Waals surface area (Å²) in [5.41, 5.74) is 0.512. The first-order chi connectivity index (χ1) is 9.40. The number of aromatic nitrogens is 2. The Balaban J connectivity index is 2.33. The molecule has 0 amide bonds. The molecule has 1 aliphatic rings. The maximum Gasteiger partial charge on any atom is 0.356 e. The van der Waals surface area contributed by atoms with Crippen LogP contribution in [-0.2, 0) is 0 Å². The zero-order valence-corrected chi connectivity index (χ0v) is 12.1. The molecule has 1 aromatic rings. The van der Waals surface area contributed by atoms with Gasteiger partial charge in [0.1, 0.15) is 5.82 Å². The number of β-amino-alcohol motifs (C(OH)–C–C–N with tert-alkyl or cyclic N) is 1. The minimum atomic E-state index is -1.06. The number of aliphatic hydroxyl groups is 1. The zero-order chi connectivity index (χ0) is 14.9. The average Bonchev–Trinajstić information content (AvgIpc) is 2.41. The molecule has 2 N–H and O–H groups in total. The first kappa shape index (κ1) is 14.7. The Hall–Kier alpha value is -1.69. The van der Waals surface area contributed by atoms with Gasteiger partial charge in [0.15, 0.2) is 5.69 Å². The Morgan fingerprint density at radius 2 is 2.20 bits per heavy atom. The van der Waals surface area contributed by atoms with E-state index in [4.69, 9.17) is 0 Å². The molecule has 2 atom stereocenters. The number of aliphatic hydroxyl groups excluding tert-OH is 1. The van der Waals surface area contributed by atoms with Crippen LogP contribution in [0.15, 0.2) is 6.20 Å². The number of piperidine rings is 1. The van der Waals surface area contributed by atoms with Gasteiger partial charge in [-0.25, -0.2) is 14.8 Å². The summed E-state index contributed by atoms with van der Waals surface area (Å²) in [5, 5.41) is 19.3. The monoisotopic (exact) mass is 279 g/mol. The van der Waals surface area contributed by atoms with Crippen LogP contribution in [0.5, 0.6) is 0 Å². The van der Waals surface area contributed by atoms with E-state index in [1.165, 1.54) is 0 Å². The Morgan fingerprint density at radius 1 is 1.50 bits per heavy atom. The molecular formula is C14H21N3O3. The van der Waals surface area contributed by atoms with Crippen LogP contribution in [0.2, 0.25) is 0 Å². The number of anilines is 1. The van der Waals surface area contributed by atoms with Crippen molar-refractivity contribution in [2.24, 2.45) is 5.92 Å². The smallest absolute Gasteiger partial charge is 0.356 e. The van der Waals surface area contributed by atoms with Crippen LogP contribution in [0.3, 0.4) is 0 Å². The van der Waals surface area contributed by atoms with Crippen LogP contribution in [0.25, 0.3) is 0 Å². The Kier molecular flexibility index (Phi) is 4.23. The van der Waals surface area contributed by atoms with Gasteiger partial charge in [-0.15, -0.1) is 0 Å². The summed E-state index contributed by atoms with van der Waals surface area (Å²) in [6, 6.07) is 0. The van der Waals surface area contributed by atoms with E-state index in [-0.39, 0.29) is 17.5 Å². The van der Waals surface area contributed by atoms with E-state index >= 15 is 0 Å². The van der Waals surface area contributed by atoms with Crippen LogP contribution in [0.1, 0.15) is 49.4 Å². The topological polar surface area (TPSA) is 86.5 Å². The molecule has 0 spiro atoms. The molecule has 20 heavy (non-hydrogen) atoms. The fraction of sp³-hybridized carbons (Fsp3) is 0.643. The van der Waals surface area contributed by atoms with Gasteiger partial charge in [-0.3, -0.25) is 0 Å². The number of nitrogens with zero attached hydrogens (tertiary/aromatic N) is 3. The molecule has 0 bridgehead atoms. The number of carbonyl (C=O) groups is 1. The van der Waals surface area contributed by atoms with Crippen molar-refractivity contribution < 1.29 is 15.0 Å². The fourth-order valence-electron chi connectivity index (χ4n) is 2.32. The minimum absolute atomic E-state index is 0.0189. The predicted octanol–water partition coefficient (Wildman–Crippen LogP) is 1.51. The molecule has 0 radical (unpaired) electrons. The molecule has 2 heterocycles. The molecule has 0 aliphatic carbocycles. The lowest BCUT2D eigenvalue weighted by Crippen LogP contribution is -2.43. The van der Waals surface area contributed by atoms with Gasteiger partial charge in [0, 0.05) is 19.0 Å². The van der Waals surface area contributed by atoms with E-state index in [0.717, 1.165) is 6.42 Å². The third-order valence-electron chi connectivity index (χ3n) is 3.77. The van der Waals surface area contributed by atoms with Gasteiger partial charge in [-0.2, -0.15) is 0 Å². The third kappa shape index (κ3) is 2.90. The van der Waals surface area contributed by atoms with Gasteiger partial charge in [0.25, 0.3) is 0 Å². The summed E-state index contributed by atoms with van der Waals surface area (Å²) in [5.74, 6) is -0.223. The quantitative estimate of drug-likeness (QED) is 0.872. The first-order valence-corrected chi connectivity index (χ1v) is 6.93. The number of hydrogen-bond donors (Lipinski definition) is 2. The average molecular weight is 279 g/mol. The Morgan fingerprint density at radius 3 is 2.75 bits per heavy atom. The highest BCUT2D eigenvalue weighted by Crippen LogP contribution is 2.26. The second kappa shape index (κ2) is 5.75. The number of carboxylic acid groups (broad SMARTS) is 1. The SMILES string of the molecule is CC(C)c1ncc(N2CCC(C)C(O)C2)c(C(=O)O)n1. The lowest BCUT2D eigenvalue weighted by Gasteiger charge is -2.36. The number of aromatic carboxylic acids is 1. The predicted molar refractivity (Wildman–Crippen MR) is 75.1 cm³/mol. The highest BCUT2D eigenvalue weighted by atomic mass is 16.4. The summed E-state index contributed by atoms with van der Waals surface area (Å²) >= 11 is 0. The number of hydrogen-bond acceptors (Lipinski definition) is 5. The van der Waals surface area contributed by atoms with Crippen LogP contribution in [0.4, 0.5) is 5.69 Å². The molecule has 2 rings (SSSR count).